The summed E-state index contributed by atoms with van der Waals surface area (Å²) in [6.45, 7) is 2.16. The molecule has 1 rings (SSSR count). The fraction of sp³-hybridized carbons (Fsp3) is 0.917. The highest BCUT2D eigenvalue weighted by Crippen LogP contribution is 2.27. The molecule has 0 aromatic rings. The van der Waals surface area contributed by atoms with Crippen molar-refractivity contribution in [3.8, 4) is 6.07 Å². The Labute approximate surface area is 97.8 Å². The SMILES string of the molecule is CCC(CC#N)NC1CCCC(SC)C1. The molecule has 1 fully saturated rings. The number of hydrogen-bond donors (Lipinski definition) is 1. The summed E-state index contributed by atoms with van der Waals surface area (Å²) in [5.41, 5.74) is 0. The maximum absolute atomic E-state index is 8.70. The van der Waals surface area contributed by atoms with Gasteiger partial charge in [0.05, 0.1) is 12.5 Å². The van der Waals surface area contributed by atoms with Gasteiger partial charge in [0.1, 0.15) is 0 Å². The van der Waals surface area contributed by atoms with Gasteiger partial charge in [-0.15, -0.1) is 0 Å². The molecule has 1 N–H and O–H groups in total. The number of rotatable bonds is 5. The van der Waals surface area contributed by atoms with E-state index in [1.54, 1.807) is 0 Å². The van der Waals surface area contributed by atoms with Gasteiger partial charge in [0.2, 0.25) is 0 Å². The van der Waals surface area contributed by atoms with Crippen molar-refractivity contribution in [1.82, 2.24) is 5.32 Å². The summed E-state index contributed by atoms with van der Waals surface area (Å²) < 4.78 is 0. The summed E-state index contributed by atoms with van der Waals surface area (Å²) in [7, 11) is 0. The van der Waals surface area contributed by atoms with Crippen molar-refractivity contribution >= 4 is 11.8 Å². The fourth-order valence-corrected chi connectivity index (χ4v) is 3.10. The molecule has 15 heavy (non-hydrogen) atoms. The molecular formula is C12H22N2S. The minimum Gasteiger partial charge on any atom is -0.310 e. The van der Waals surface area contributed by atoms with Crippen molar-refractivity contribution in [3.05, 3.63) is 0 Å². The normalized spacial score (nSPS) is 28.3. The highest BCUT2D eigenvalue weighted by molar-refractivity contribution is 7.99. The number of hydrogen-bond acceptors (Lipinski definition) is 3. The Hall–Kier alpha value is -0.200. The van der Waals surface area contributed by atoms with Gasteiger partial charge >= 0.3 is 0 Å². The van der Waals surface area contributed by atoms with E-state index in [4.69, 9.17) is 5.26 Å². The van der Waals surface area contributed by atoms with E-state index in [1.807, 2.05) is 11.8 Å². The van der Waals surface area contributed by atoms with Gasteiger partial charge in [0.25, 0.3) is 0 Å². The van der Waals surface area contributed by atoms with Crippen LogP contribution in [0.5, 0.6) is 0 Å². The molecule has 0 saturated heterocycles. The van der Waals surface area contributed by atoms with Gasteiger partial charge in [0, 0.05) is 17.3 Å². The summed E-state index contributed by atoms with van der Waals surface area (Å²) in [6.07, 6.45) is 9.20. The zero-order chi connectivity index (χ0) is 11.1. The van der Waals surface area contributed by atoms with Crippen molar-refractivity contribution in [2.45, 2.75) is 62.8 Å². The molecule has 1 aliphatic carbocycles. The molecule has 0 bridgehead atoms. The lowest BCUT2D eigenvalue weighted by atomic mass is 9.94. The zero-order valence-corrected chi connectivity index (χ0v) is 10.6. The number of nitrogens with zero attached hydrogens (tertiary/aromatic N) is 1. The molecule has 86 valence electrons. The molecule has 3 atom stereocenters. The highest BCUT2D eigenvalue weighted by atomic mass is 32.2. The molecule has 0 heterocycles. The van der Waals surface area contributed by atoms with Crippen LogP contribution in [0.25, 0.3) is 0 Å². The molecule has 0 radical (unpaired) electrons. The van der Waals surface area contributed by atoms with Crippen LogP contribution in [-0.2, 0) is 0 Å². The van der Waals surface area contributed by atoms with Gasteiger partial charge in [-0.2, -0.15) is 17.0 Å². The summed E-state index contributed by atoms with van der Waals surface area (Å²) >= 11 is 1.99. The lowest BCUT2D eigenvalue weighted by Gasteiger charge is -2.31. The van der Waals surface area contributed by atoms with Gasteiger partial charge in [-0.3, -0.25) is 0 Å². The molecule has 1 saturated carbocycles. The molecule has 0 spiro atoms. The first-order valence-corrected chi connectivity index (χ1v) is 7.24. The smallest absolute Gasteiger partial charge is 0.0638 e. The number of nitrogens with one attached hydrogen (secondary N) is 1. The Kier molecular flexibility index (Phi) is 6.12. The van der Waals surface area contributed by atoms with Crippen molar-refractivity contribution in [2.24, 2.45) is 0 Å². The van der Waals surface area contributed by atoms with Gasteiger partial charge in [-0.25, -0.2) is 0 Å². The van der Waals surface area contributed by atoms with Crippen LogP contribution in [0.2, 0.25) is 0 Å². The average Bonchev–Trinajstić information content (AvgIpc) is 2.29. The van der Waals surface area contributed by atoms with Crippen LogP contribution in [-0.4, -0.2) is 23.6 Å². The Morgan fingerprint density at radius 3 is 2.93 bits per heavy atom. The van der Waals surface area contributed by atoms with Crippen LogP contribution in [0.1, 0.15) is 45.4 Å². The lowest BCUT2D eigenvalue weighted by Crippen LogP contribution is -2.41. The van der Waals surface area contributed by atoms with Gasteiger partial charge < -0.3 is 5.32 Å². The fourth-order valence-electron chi connectivity index (χ4n) is 2.28. The highest BCUT2D eigenvalue weighted by Gasteiger charge is 2.22. The Bertz CT molecular complexity index is 212. The summed E-state index contributed by atoms with van der Waals surface area (Å²) in [6, 6.07) is 3.32. The van der Waals surface area contributed by atoms with Crippen molar-refractivity contribution in [2.75, 3.05) is 6.26 Å². The summed E-state index contributed by atoms with van der Waals surface area (Å²) in [5, 5.41) is 13.2. The third-order valence-corrected chi connectivity index (χ3v) is 4.36. The first-order chi connectivity index (χ1) is 7.30. The Morgan fingerprint density at radius 2 is 2.33 bits per heavy atom. The van der Waals surface area contributed by atoms with Gasteiger partial charge in [-0.1, -0.05) is 13.3 Å². The van der Waals surface area contributed by atoms with E-state index in [1.165, 1.54) is 25.7 Å². The standard InChI is InChI=1S/C12H22N2S/c1-3-10(7-8-13)14-11-5-4-6-12(9-11)15-2/h10-12,14H,3-7,9H2,1-2H3. The third-order valence-electron chi connectivity index (χ3n) is 3.26. The number of nitriles is 1. The quantitative estimate of drug-likeness (QED) is 0.783. The van der Waals surface area contributed by atoms with Gasteiger partial charge in [0.15, 0.2) is 0 Å². The maximum Gasteiger partial charge on any atom is 0.0638 e. The Morgan fingerprint density at radius 1 is 1.53 bits per heavy atom. The molecule has 1 aliphatic rings. The lowest BCUT2D eigenvalue weighted by molar-refractivity contribution is 0.338. The van der Waals surface area contributed by atoms with Crippen molar-refractivity contribution < 1.29 is 0 Å². The van der Waals surface area contributed by atoms with Crippen LogP contribution in [0.4, 0.5) is 0 Å². The average molecular weight is 226 g/mol. The molecular weight excluding hydrogens is 204 g/mol. The molecule has 0 aromatic heterocycles. The van der Waals surface area contributed by atoms with Crippen LogP contribution in [0.15, 0.2) is 0 Å². The second-order valence-corrected chi connectivity index (χ2v) is 5.49. The molecule has 2 nitrogen and oxygen atoms in total. The number of thioether (sulfide) groups is 1. The largest absolute Gasteiger partial charge is 0.310 e. The van der Waals surface area contributed by atoms with Crippen LogP contribution >= 0.6 is 11.8 Å². The van der Waals surface area contributed by atoms with Gasteiger partial charge in [-0.05, 0) is 31.9 Å². The monoisotopic (exact) mass is 226 g/mol. The molecule has 3 heteroatoms. The maximum atomic E-state index is 8.70. The minimum atomic E-state index is 0.403. The molecule has 0 aromatic carbocycles. The third kappa shape index (κ3) is 4.44. The van der Waals surface area contributed by atoms with E-state index in [9.17, 15) is 0 Å². The van der Waals surface area contributed by atoms with Crippen LogP contribution < -0.4 is 5.32 Å². The molecule has 0 amide bonds. The van der Waals surface area contributed by atoms with Crippen LogP contribution in [0.3, 0.4) is 0 Å². The van der Waals surface area contributed by atoms with E-state index in [2.05, 4.69) is 24.6 Å². The first kappa shape index (κ1) is 12.9. The van der Waals surface area contributed by atoms with E-state index >= 15 is 0 Å². The van der Waals surface area contributed by atoms with E-state index in [0.29, 0.717) is 18.5 Å². The van der Waals surface area contributed by atoms with Crippen molar-refractivity contribution in [3.63, 3.8) is 0 Å². The van der Waals surface area contributed by atoms with E-state index < -0.39 is 0 Å². The van der Waals surface area contributed by atoms with Crippen LogP contribution in [0, 0.1) is 11.3 Å². The first-order valence-electron chi connectivity index (χ1n) is 5.96. The topological polar surface area (TPSA) is 35.8 Å². The second kappa shape index (κ2) is 7.14. The van der Waals surface area contributed by atoms with Crippen molar-refractivity contribution in [1.29, 1.82) is 5.26 Å². The molecule has 0 aliphatic heterocycles. The van der Waals surface area contributed by atoms with E-state index in [0.717, 1.165) is 11.7 Å². The minimum absolute atomic E-state index is 0.403. The summed E-state index contributed by atoms with van der Waals surface area (Å²) in [4.78, 5) is 0. The Balaban J connectivity index is 2.33. The second-order valence-electron chi connectivity index (χ2n) is 4.36. The predicted molar refractivity (Wildman–Crippen MR) is 67.0 cm³/mol. The summed E-state index contributed by atoms with van der Waals surface area (Å²) in [5.74, 6) is 0. The zero-order valence-electron chi connectivity index (χ0n) is 9.83. The molecule has 3 unspecified atom stereocenters. The predicted octanol–water partition coefficient (Wildman–Crippen LogP) is 2.94. The van der Waals surface area contributed by atoms with E-state index in [-0.39, 0.29) is 0 Å².